The maximum Gasteiger partial charge on any atom is 0.416 e. The monoisotopic (exact) mass is 335 g/mol. The van der Waals surface area contributed by atoms with Crippen molar-refractivity contribution >= 4 is 29.2 Å². The average molecular weight is 336 g/mol. The molecule has 0 aliphatic carbocycles. The van der Waals surface area contributed by atoms with E-state index in [9.17, 15) is 27.9 Å². The minimum atomic E-state index is -4.56. The second-order valence-corrected chi connectivity index (χ2v) is 5.38. The summed E-state index contributed by atoms with van der Waals surface area (Å²) in [6.07, 6.45) is -4.24. The molecule has 1 aliphatic rings. The Hall–Kier alpha value is -1.76. The predicted molar refractivity (Wildman–Crippen MR) is 74.0 cm³/mol. The van der Waals surface area contributed by atoms with Gasteiger partial charge in [0.2, 0.25) is 5.91 Å². The molecule has 22 heavy (non-hydrogen) atoms. The third-order valence-electron chi connectivity index (χ3n) is 3.59. The number of hydrogen-bond acceptors (Lipinski definition) is 2. The van der Waals surface area contributed by atoms with Gasteiger partial charge in [0.05, 0.1) is 16.3 Å². The van der Waals surface area contributed by atoms with E-state index in [1.54, 1.807) is 6.92 Å². The number of carbonyl (C=O) groups excluding carboxylic acids is 1. The first-order valence-electron chi connectivity index (χ1n) is 6.61. The van der Waals surface area contributed by atoms with Crippen molar-refractivity contribution in [3.8, 4) is 0 Å². The number of nitrogens with zero attached hydrogens (tertiary/aromatic N) is 1. The fraction of sp³-hybridized carbons (Fsp3) is 0.429. The number of anilines is 1. The van der Waals surface area contributed by atoms with E-state index in [-0.39, 0.29) is 35.5 Å². The third kappa shape index (κ3) is 2.90. The Bertz CT molecular complexity index is 630. The highest BCUT2D eigenvalue weighted by Crippen LogP contribution is 2.40. The molecule has 0 radical (unpaired) electrons. The number of carboxylic acids is 1. The maximum absolute atomic E-state index is 12.8. The highest BCUT2D eigenvalue weighted by Gasteiger charge is 2.40. The Labute approximate surface area is 129 Å². The van der Waals surface area contributed by atoms with Gasteiger partial charge in [0.15, 0.2) is 0 Å². The van der Waals surface area contributed by atoms with Crippen LogP contribution in [0.2, 0.25) is 5.02 Å². The van der Waals surface area contributed by atoms with Gasteiger partial charge in [-0.25, -0.2) is 4.79 Å². The van der Waals surface area contributed by atoms with Gasteiger partial charge in [-0.2, -0.15) is 13.2 Å². The zero-order valence-corrected chi connectivity index (χ0v) is 12.3. The van der Waals surface area contributed by atoms with E-state index in [4.69, 9.17) is 11.6 Å². The van der Waals surface area contributed by atoms with Crippen LogP contribution in [-0.4, -0.2) is 23.0 Å². The first-order chi connectivity index (χ1) is 10.2. The molecular weight excluding hydrogens is 323 g/mol. The minimum absolute atomic E-state index is 0.0253. The second kappa shape index (κ2) is 5.79. The van der Waals surface area contributed by atoms with Gasteiger partial charge < -0.3 is 5.11 Å². The van der Waals surface area contributed by atoms with Crippen molar-refractivity contribution in [2.24, 2.45) is 0 Å². The molecule has 0 saturated carbocycles. The number of halogens is 4. The predicted octanol–water partition coefficient (Wildman–Crippen LogP) is 3.50. The molecule has 1 aliphatic heterocycles. The number of benzene rings is 1. The van der Waals surface area contributed by atoms with Crippen LogP contribution in [0.15, 0.2) is 12.1 Å². The van der Waals surface area contributed by atoms with Crippen molar-refractivity contribution in [2.45, 2.75) is 38.4 Å². The van der Waals surface area contributed by atoms with Crippen molar-refractivity contribution in [1.29, 1.82) is 0 Å². The first kappa shape index (κ1) is 16.6. The molecule has 120 valence electrons. The van der Waals surface area contributed by atoms with Crippen molar-refractivity contribution in [2.75, 3.05) is 4.90 Å². The van der Waals surface area contributed by atoms with Crippen LogP contribution in [0.4, 0.5) is 18.9 Å². The van der Waals surface area contributed by atoms with E-state index < -0.39 is 29.7 Å². The summed E-state index contributed by atoms with van der Waals surface area (Å²) in [5, 5.41) is 8.91. The molecule has 1 N–H and O–H groups in total. The van der Waals surface area contributed by atoms with Gasteiger partial charge in [0.1, 0.15) is 6.04 Å². The van der Waals surface area contributed by atoms with Gasteiger partial charge >= 0.3 is 12.1 Å². The average Bonchev–Trinajstić information content (AvgIpc) is 2.78. The van der Waals surface area contributed by atoms with Crippen LogP contribution < -0.4 is 4.90 Å². The molecule has 1 fully saturated rings. The molecule has 1 heterocycles. The van der Waals surface area contributed by atoms with Crippen LogP contribution >= 0.6 is 11.6 Å². The van der Waals surface area contributed by atoms with Crippen LogP contribution in [0, 0.1) is 0 Å². The van der Waals surface area contributed by atoms with Gasteiger partial charge in [0, 0.05) is 6.42 Å². The maximum atomic E-state index is 12.8. The largest absolute Gasteiger partial charge is 0.480 e. The number of carboxylic acid groups (broad SMARTS) is 1. The SMILES string of the molecule is CCc1cc(C(F)(F)F)cc(Cl)c1N1C(=O)CCC1C(=O)O. The molecule has 0 bridgehead atoms. The third-order valence-corrected chi connectivity index (χ3v) is 3.88. The van der Waals surface area contributed by atoms with E-state index in [2.05, 4.69) is 0 Å². The van der Waals surface area contributed by atoms with Crippen molar-refractivity contribution < 1.29 is 27.9 Å². The second-order valence-electron chi connectivity index (χ2n) is 4.97. The number of hydrogen-bond donors (Lipinski definition) is 1. The van der Waals surface area contributed by atoms with Gasteiger partial charge in [-0.15, -0.1) is 0 Å². The summed E-state index contributed by atoms with van der Waals surface area (Å²) in [5.74, 6) is -1.66. The lowest BCUT2D eigenvalue weighted by atomic mass is 10.0. The number of aryl methyl sites for hydroxylation is 1. The summed E-state index contributed by atoms with van der Waals surface area (Å²) in [7, 11) is 0. The molecule has 0 aromatic heterocycles. The Morgan fingerprint density at radius 3 is 2.59 bits per heavy atom. The standard InChI is InChI=1S/C14H13ClF3NO3/c1-2-7-5-8(14(16,17)18)6-9(15)12(7)19-10(13(21)22)3-4-11(19)20/h5-6,10H,2-4H2,1H3,(H,21,22). The highest BCUT2D eigenvalue weighted by atomic mass is 35.5. The molecule has 1 unspecified atom stereocenters. The van der Waals surface area contributed by atoms with Crippen molar-refractivity contribution in [3.63, 3.8) is 0 Å². The van der Waals surface area contributed by atoms with Gasteiger partial charge in [0.25, 0.3) is 0 Å². The van der Waals surface area contributed by atoms with Gasteiger partial charge in [-0.05, 0) is 30.5 Å². The normalized spacial score (nSPS) is 18.9. The van der Waals surface area contributed by atoms with E-state index in [0.717, 1.165) is 17.0 Å². The van der Waals surface area contributed by atoms with Crippen LogP contribution in [0.1, 0.15) is 30.9 Å². The Balaban J connectivity index is 2.60. The van der Waals surface area contributed by atoms with E-state index in [1.807, 2.05) is 0 Å². The summed E-state index contributed by atoms with van der Waals surface area (Å²) >= 11 is 5.95. The molecule has 0 spiro atoms. The van der Waals surface area contributed by atoms with Crippen LogP contribution in [0.25, 0.3) is 0 Å². The summed E-state index contributed by atoms with van der Waals surface area (Å²) in [6.45, 7) is 1.62. The topological polar surface area (TPSA) is 57.6 Å². The molecule has 1 saturated heterocycles. The fourth-order valence-corrected chi connectivity index (χ4v) is 2.89. The number of aliphatic carboxylic acids is 1. The minimum Gasteiger partial charge on any atom is -0.480 e. The Kier molecular flexibility index (Phi) is 4.37. The zero-order valence-electron chi connectivity index (χ0n) is 11.6. The zero-order chi connectivity index (χ0) is 16.7. The molecule has 1 amide bonds. The highest BCUT2D eigenvalue weighted by molar-refractivity contribution is 6.34. The lowest BCUT2D eigenvalue weighted by Crippen LogP contribution is -2.39. The molecule has 1 aromatic rings. The molecular formula is C14H13ClF3NO3. The fourth-order valence-electron chi connectivity index (χ4n) is 2.56. The van der Waals surface area contributed by atoms with Crippen LogP contribution in [-0.2, 0) is 22.2 Å². The van der Waals surface area contributed by atoms with Crippen LogP contribution in [0.5, 0.6) is 0 Å². The molecule has 2 rings (SSSR count). The molecule has 4 nitrogen and oxygen atoms in total. The Morgan fingerprint density at radius 2 is 2.09 bits per heavy atom. The number of carbonyl (C=O) groups is 2. The summed E-state index contributed by atoms with van der Waals surface area (Å²) in [6, 6.07) is 0.527. The number of rotatable bonds is 3. The smallest absolute Gasteiger partial charge is 0.416 e. The lowest BCUT2D eigenvalue weighted by molar-refractivity contribution is -0.139. The van der Waals surface area contributed by atoms with Crippen molar-refractivity contribution in [1.82, 2.24) is 0 Å². The summed E-state index contributed by atoms with van der Waals surface area (Å²) < 4.78 is 38.5. The van der Waals surface area contributed by atoms with Crippen molar-refractivity contribution in [3.05, 3.63) is 28.3 Å². The molecule has 1 atom stereocenters. The molecule has 8 heteroatoms. The first-order valence-corrected chi connectivity index (χ1v) is 6.99. The van der Waals surface area contributed by atoms with Gasteiger partial charge in [-0.3, -0.25) is 9.69 Å². The van der Waals surface area contributed by atoms with Crippen LogP contribution in [0.3, 0.4) is 0 Å². The van der Waals surface area contributed by atoms with E-state index in [0.29, 0.717) is 0 Å². The number of alkyl halides is 3. The van der Waals surface area contributed by atoms with E-state index >= 15 is 0 Å². The molecule has 1 aromatic carbocycles. The Morgan fingerprint density at radius 1 is 1.45 bits per heavy atom. The number of amides is 1. The lowest BCUT2D eigenvalue weighted by Gasteiger charge is -2.26. The van der Waals surface area contributed by atoms with E-state index in [1.165, 1.54) is 0 Å². The summed E-state index contributed by atoms with van der Waals surface area (Å²) in [5.41, 5.74) is -0.662. The summed E-state index contributed by atoms with van der Waals surface area (Å²) in [4.78, 5) is 24.2. The van der Waals surface area contributed by atoms with Gasteiger partial charge in [-0.1, -0.05) is 18.5 Å². The quantitative estimate of drug-likeness (QED) is 0.919.